The molecule has 0 saturated carbocycles. The fraction of sp³-hybridized carbons (Fsp3) is 0.400. The highest BCUT2D eigenvalue weighted by molar-refractivity contribution is 6.29. The van der Waals surface area contributed by atoms with Crippen LogP contribution in [0.15, 0.2) is 12.1 Å². The number of anilines is 1. The second-order valence-corrected chi connectivity index (χ2v) is 4.30. The van der Waals surface area contributed by atoms with Crippen molar-refractivity contribution in [3.8, 4) is 0 Å². The molecule has 0 bridgehead atoms. The lowest BCUT2D eigenvalue weighted by Gasteiger charge is -2.13. The van der Waals surface area contributed by atoms with Gasteiger partial charge in [0, 0.05) is 13.0 Å². The third kappa shape index (κ3) is 3.04. The lowest BCUT2D eigenvalue weighted by molar-refractivity contribution is -0.137. The first kappa shape index (κ1) is 12.9. The molecule has 98 valence electrons. The maximum Gasteiger partial charge on any atom is 0.416 e. The van der Waals surface area contributed by atoms with Gasteiger partial charge in [-0.25, -0.2) is 4.98 Å². The van der Waals surface area contributed by atoms with Crippen LogP contribution in [0, 0.1) is 0 Å². The van der Waals surface area contributed by atoms with Gasteiger partial charge < -0.3 is 10.6 Å². The van der Waals surface area contributed by atoms with Crippen molar-refractivity contribution in [2.75, 3.05) is 11.9 Å². The summed E-state index contributed by atoms with van der Waals surface area (Å²) in [5, 5.41) is 5.06. The summed E-state index contributed by atoms with van der Waals surface area (Å²) in [5.41, 5.74) is -0.873. The number of nitrogens with one attached hydrogen (secondary N) is 2. The summed E-state index contributed by atoms with van der Waals surface area (Å²) in [6, 6.07) is 1.35. The zero-order chi connectivity index (χ0) is 13.3. The van der Waals surface area contributed by atoms with Gasteiger partial charge in [-0.2, -0.15) is 13.2 Å². The third-order valence-electron chi connectivity index (χ3n) is 2.45. The van der Waals surface area contributed by atoms with Crippen molar-refractivity contribution in [1.82, 2.24) is 10.3 Å². The van der Waals surface area contributed by atoms with E-state index in [9.17, 15) is 18.0 Å². The molecule has 2 heterocycles. The summed E-state index contributed by atoms with van der Waals surface area (Å²) in [7, 11) is 0. The molecule has 4 nitrogen and oxygen atoms in total. The monoisotopic (exact) mass is 279 g/mol. The molecule has 1 fully saturated rings. The number of amides is 1. The van der Waals surface area contributed by atoms with E-state index >= 15 is 0 Å². The van der Waals surface area contributed by atoms with Gasteiger partial charge in [-0.05, 0) is 12.1 Å². The normalized spacial score (nSPS) is 19.8. The summed E-state index contributed by atoms with van der Waals surface area (Å²) in [4.78, 5) is 14.7. The number of carbonyl (C=O) groups is 1. The predicted octanol–water partition coefficient (Wildman–Crippen LogP) is 2.05. The third-order valence-corrected chi connectivity index (χ3v) is 2.64. The van der Waals surface area contributed by atoms with Crippen molar-refractivity contribution in [3.05, 3.63) is 22.8 Å². The first-order valence-corrected chi connectivity index (χ1v) is 5.50. The first-order chi connectivity index (χ1) is 8.34. The molecule has 0 radical (unpaired) electrons. The van der Waals surface area contributed by atoms with Crippen LogP contribution in [0.4, 0.5) is 19.0 Å². The van der Waals surface area contributed by atoms with E-state index in [1.54, 1.807) is 0 Å². The SMILES string of the molecule is O=C1CC(Nc2cc(C(F)(F)F)cc(Cl)n2)CN1. The van der Waals surface area contributed by atoms with Gasteiger partial charge in [-0.15, -0.1) is 0 Å². The van der Waals surface area contributed by atoms with Crippen molar-refractivity contribution >= 4 is 23.3 Å². The number of aromatic nitrogens is 1. The van der Waals surface area contributed by atoms with Crippen molar-refractivity contribution in [3.63, 3.8) is 0 Å². The molecule has 1 unspecified atom stereocenters. The first-order valence-electron chi connectivity index (χ1n) is 5.12. The average molecular weight is 280 g/mol. The Balaban J connectivity index is 2.18. The highest BCUT2D eigenvalue weighted by Crippen LogP contribution is 2.32. The molecule has 2 rings (SSSR count). The molecule has 1 saturated heterocycles. The van der Waals surface area contributed by atoms with E-state index in [2.05, 4.69) is 15.6 Å². The lowest BCUT2D eigenvalue weighted by Crippen LogP contribution is -2.23. The largest absolute Gasteiger partial charge is 0.416 e. The number of nitrogens with zero attached hydrogens (tertiary/aromatic N) is 1. The number of pyridine rings is 1. The second kappa shape index (κ2) is 4.64. The molecule has 1 aromatic rings. The molecule has 0 aromatic carbocycles. The molecule has 1 aliphatic heterocycles. The van der Waals surface area contributed by atoms with Crippen LogP contribution in [0.25, 0.3) is 0 Å². The maximum atomic E-state index is 12.5. The Morgan fingerprint density at radius 3 is 2.72 bits per heavy atom. The highest BCUT2D eigenvalue weighted by atomic mass is 35.5. The Morgan fingerprint density at radius 1 is 1.44 bits per heavy atom. The summed E-state index contributed by atoms with van der Waals surface area (Å²) in [5.74, 6) is -0.137. The van der Waals surface area contributed by atoms with Crippen molar-refractivity contribution in [2.24, 2.45) is 0 Å². The number of carbonyl (C=O) groups excluding carboxylic acids is 1. The van der Waals surface area contributed by atoms with Crippen LogP contribution in [0.3, 0.4) is 0 Å². The zero-order valence-electron chi connectivity index (χ0n) is 9.01. The van der Waals surface area contributed by atoms with Crippen LogP contribution in [0.1, 0.15) is 12.0 Å². The molecule has 1 amide bonds. The predicted molar refractivity (Wildman–Crippen MR) is 59.3 cm³/mol. The summed E-state index contributed by atoms with van der Waals surface area (Å²) in [6.45, 7) is 0.356. The zero-order valence-corrected chi connectivity index (χ0v) is 9.77. The van der Waals surface area contributed by atoms with Gasteiger partial charge in [-0.3, -0.25) is 4.79 Å². The Bertz CT molecular complexity index is 478. The standard InChI is InChI=1S/C10H9ClF3N3O/c11-7-1-5(10(12,13)14)2-8(17-7)16-6-3-9(18)15-4-6/h1-2,6H,3-4H2,(H,15,18)(H,16,17). The fourth-order valence-corrected chi connectivity index (χ4v) is 1.86. The van der Waals surface area contributed by atoms with Gasteiger partial charge >= 0.3 is 6.18 Å². The van der Waals surface area contributed by atoms with Gasteiger partial charge in [0.05, 0.1) is 11.6 Å². The lowest BCUT2D eigenvalue weighted by atomic mass is 10.2. The molecule has 18 heavy (non-hydrogen) atoms. The number of alkyl halides is 3. The van der Waals surface area contributed by atoms with E-state index in [0.717, 1.165) is 12.1 Å². The van der Waals surface area contributed by atoms with Crippen LogP contribution >= 0.6 is 11.6 Å². The number of hydrogen-bond acceptors (Lipinski definition) is 3. The quantitative estimate of drug-likeness (QED) is 0.815. The van der Waals surface area contributed by atoms with Gasteiger partial charge in [0.1, 0.15) is 11.0 Å². The minimum absolute atomic E-state index is 0.0105. The van der Waals surface area contributed by atoms with Gasteiger partial charge in [0.25, 0.3) is 0 Å². The Labute approximate surface area is 106 Å². The van der Waals surface area contributed by atoms with Crippen LogP contribution < -0.4 is 10.6 Å². The van der Waals surface area contributed by atoms with Crippen molar-refractivity contribution < 1.29 is 18.0 Å². The fourth-order valence-electron chi connectivity index (χ4n) is 1.65. The van der Waals surface area contributed by atoms with E-state index < -0.39 is 11.7 Å². The topological polar surface area (TPSA) is 54.0 Å². The number of hydrogen-bond donors (Lipinski definition) is 2. The van der Waals surface area contributed by atoms with Gasteiger partial charge in [-0.1, -0.05) is 11.6 Å². The van der Waals surface area contributed by atoms with E-state index in [-0.39, 0.29) is 29.3 Å². The molecule has 1 atom stereocenters. The molecule has 0 aliphatic carbocycles. The summed E-state index contributed by atoms with van der Waals surface area (Å²) >= 11 is 5.54. The molecule has 2 N–H and O–H groups in total. The number of rotatable bonds is 2. The average Bonchev–Trinajstić information content (AvgIpc) is 2.61. The van der Waals surface area contributed by atoms with E-state index in [1.165, 1.54) is 0 Å². The van der Waals surface area contributed by atoms with Gasteiger partial charge in [0.2, 0.25) is 5.91 Å². The van der Waals surface area contributed by atoms with Crippen molar-refractivity contribution in [2.45, 2.75) is 18.6 Å². The molecule has 0 spiro atoms. The smallest absolute Gasteiger partial charge is 0.365 e. The molecule has 1 aliphatic rings. The van der Waals surface area contributed by atoms with Crippen LogP contribution in [-0.2, 0) is 11.0 Å². The minimum atomic E-state index is -4.48. The maximum absolute atomic E-state index is 12.5. The van der Waals surface area contributed by atoms with Crippen LogP contribution in [0.5, 0.6) is 0 Å². The molecule has 8 heteroatoms. The number of halogens is 4. The van der Waals surface area contributed by atoms with E-state index in [4.69, 9.17) is 11.6 Å². The Hall–Kier alpha value is -1.50. The van der Waals surface area contributed by atoms with Crippen LogP contribution in [0.2, 0.25) is 5.15 Å². The Kier molecular flexibility index (Phi) is 3.34. The molecular weight excluding hydrogens is 271 g/mol. The Morgan fingerprint density at radius 2 is 2.17 bits per heavy atom. The van der Waals surface area contributed by atoms with Gasteiger partial charge in [0.15, 0.2) is 0 Å². The summed E-state index contributed by atoms with van der Waals surface area (Å²) in [6.07, 6.45) is -4.28. The van der Waals surface area contributed by atoms with Crippen LogP contribution in [-0.4, -0.2) is 23.5 Å². The second-order valence-electron chi connectivity index (χ2n) is 3.91. The van der Waals surface area contributed by atoms with E-state index in [0.29, 0.717) is 6.54 Å². The molecular formula is C10H9ClF3N3O. The molecule has 1 aromatic heterocycles. The van der Waals surface area contributed by atoms with E-state index in [1.807, 2.05) is 0 Å². The highest BCUT2D eigenvalue weighted by Gasteiger charge is 2.32. The van der Waals surface area contributed by atoms with Crippen molar-refractivity contribution in [1.29, 1.82) is 0 Å². The minimum Gasteiger partial charge on any atom is -0.365 e. The summed E-state index contributed by atoms with van der Waals surface area (Å²) < 4.78 is 37.6.